The molecule has 0 bridgehead atoms. The van der Waals surface area contributed by atoms with Crippen LogP contribution in [0.5, 0.6) is 0 Å². The summed E-state index contributed by atoms with van der Waals surface area (Å²) in [4.78, 5) is 0. The average Bonchev–Trinajstić information content (AvgIpc) is 2.43. The lowest BCUT2D eigenvalue weighted by Crippen LogP contribution is -1.94. The molecule has 0 aliphatic heterocycles. The molecule has 0 atom stereocenters. The molecule has 0 saturated carbocycles. The Morgan fingerprint density at radius 2 is 2.20 bits per heavy atom. The van der Waals surface area contributed by atoms with Crippen molar-refractivity contribution in [1.29, 1.82) is 0 Å². The molecule has 1 rings (SSSR count). The van der Waals surface area contributed by atoms with Gasteiger partial charge in [0.1, 0.15) is 12.0 Å². The van der Waals surface area contributed by atoms with E-state index in [1.165, 1.54) is 0 Å². The first kappa shape index (κ1) is 7.25. The lowest BCUT2D eigenvalue weighted by Gasteiger charge is -2.04. The summed E-state index contributed by atoms with van der Waals surface area (Å²) in [6.45, 7) is 4.28. The molecule has 3 nitrogen and oxygen atoms in total. The zero-order valence-electron chi connectivity index (χ0n) is 6.37. The van der Waals surface area contributed by atoms with Crippen molar-refractivity contribution in [3.05, 3.63) is 12.0 Å². The zero-order chi connectivity index (χ0) is 7.40. The molecular formula is C7H12N2O. The van der Waals surface area contributed by atoms with Crippen LogP contribution < -0.4 is 0 Å². The Kier molecular flexibility index (Phi) is 2.42. The first-order valence-corrected chi connectivity index (χ1v) is 3.65. The minimum absolute atomic E-state index is 0.520. The molecule has 0 N–H and O–H groups in total. The molecule has 0 spiro atoms. The Balaban J connectivity index is 2.64. The second-order valence-electron chi connectivity index (χ2n) is 2.34. The van der Waals surface area contributed by atoms with Gasteiger partial charge in [0.25, 0.3) is 0 Å². The van der Waals surface area contributed by atoms with Crippen molar-refractivity contribution in [2.75, 3.05) is 0 Å². The highest BCUT2D eigenvalue weighted by molar-refractivity contribution is 4.97. The van der Waals surface area contributed by atoms with Gasteiger partial charge < -0.3 is 4.52 Å². The van der Waals surface area contributed by atoms with Crippen LogP contribution in [-0.2, 0) is 0 Å². The summed E-state index contributed by atoms with van der Waals surface area (Å²) in [7, 11) is 0. The van der Waals surface area contributed by atoms with Crippen LogP contribution in [-0.4, -0.2) is 10.4 Å². The van der Waals surface area contributed by atoms with Crippen molar-refractivity contribution in [2.24, 2.45) is 0 Å². The summed E-state index contributed by atoms with van der Waals surface area (Å²) < 4.78 is 4.64. The monoisotopic (exact) mass is 140 g/mol. The van der Waals surface area contributed by atoms with E-state index in [2.05, 4.69) is 28.7 Å². The van der Waals surface area contributed by atoms with Gasteiger partial charge in [0.05, 0.1) is 0 Å². The van der Waals surface area contributed by atoms with Gasteiger partial charge in [0.2, 0.25) is 0 Å². The number of nitrogens with zero attached hydrogens (tertiary/aromatic N) is 2. The number of aromatic nitrogens is 2. The third kappa shape index (κ3) is 1.35. The van der Waals surface area contributed by atoms with E-state index in [0.29, 0.717) is 5.92 Å². The molecule has 0 aromatic carbocycles. The highest BCUT2D eigenvalue weighted by atomic mass is 16.5. The molecule has 1 aromatic heterocycles. The first-order chi connectivity index (χ1) is 4.88. The normalized spacial score (nSPS) is 10.7. The fourth-order valence-electron chi connectivity index (χ4n) is 1.06. The summed E-state index contributed by atoms with van der Waals surface area (Å²) in [5, 5.41) is 7.26. The van der Waals surface area contributed by atoms with Crippen molar-refractivity contribution in [2.45, 2.75) is 32.6 Å². The van der Waals surface area contributed by atoms with E-state index in [1.807, 2.05) is 0 Å². The van der Waals surface area contributed by atoms with Gasteiger partial charge in [-0.2, -0.15) is 0 Å². The van der Waals surface area contributed by atoms with Gasteiger partial charge in [-0.25, -0.2) is 0 Å². The van der Waals surface area contributed by atoms with E-state index in [-0.39, 0.29) is 0 Å². The summed E-state index contributed by atoms with van der Waals surface area (Å²) in [5.74, 6) is 0.520. The van der Waals surface area contributed by atoms with Crippen LogP contribution in [0.3, 0.4) is 0 Å². The Hall–Kier alpha value is -0.860. The molecule has 1 aromatic rings. The molecule has 0 radical (unpaired) electrons. The molecular weight excluding hydrogens is 128 g/mol. The fourth-order valence-corrected chi connectivity index (χ4v) is 1.06. The molecule has 0 saturated heterocycles. The largest absolute Gasteiger partial charge is 0.345 e. The van der Waals surface area contributed by atoms with Crippen molar-refractivity contribution in [1.82, 2.24) is 10.4 Å². The van der Waals surface area contributed by atoms with Gasteiger partial charge in [0, 0.05) is 11.2 Å². The van der Waals surface area contributed by atoms with Crippen LogP contribution in [0.4, 0.5) is 0 Å². The highest BCUT2D eigenvalue weighted by Crippen LogP contribution is 2.19. The van der Waals surface area contributed by atoms with Crippen LogP contribution in [0.1, 0.15) is 38.3 Å². The van der Waals surface area contributed by atoms with E-state index < -0.39 is 0 Å². The predicted octanol–water partition coefficient (Wildman–Crippen LogP) is 1.97. The minimum atomic E-state index is 0.520. The maximum Gasteiger partial charge on any atom is 0.147 e. The van der Waals surface area contributed by atoms with Crippen molar-refractivity contribution < 1.29 is 4.52 Å². The van der Waals surface area contributed by atoms with Crippen LogP contribution >= 0.6 is 0 Å². The zero-order valence-corrected chi connectivity index (χ0v) is 6.37. The van der Waals surface area contributed by atoms with Crippen molar-refractivity contribution >= 4 is 0 Å². The maximum atomic E-state index is 4.64. The Labute approximate surface area is 60.4 Å². The predicted molar refractivity (Wildman–Crippen MR) is 37.6 cm³/mol. The molecule has 0 amide bonds. The third-order valence-corrected chi connectivity index (χ3v) is 1.78. The van der Waals surface area contributed by atoms with E-state index in [1.54, 1.807) is 6.26 Å². The maximum absolute atomic E-state index is 4.64. The Morgan fingerprint density at radius 3 is 2.60 bits per heavy atom. The lowest BCUT2D eigenvalue weighted by molar-refractivity contribution is 0.392. The standard InChI is InChI=1S/C7H12N2O/c1-3-6(4-2)7-5-10-9-8-7/h5-6H,3-4H2,1-2H3. The Morgan fingerprint density at radius 1 is 1.50 bits per heavy atom. The molecule has 0 unspecified atom stereocenters. The van der Waals surface area contributed by atoms with E-state index in [9.17, 15) is 0 Å². The molecule has 56 valence electrons. The molecule has 10 heavy (non-hydrogen) atoms. The fraction of sp³-hybridized carbons (Fsp3) is 0.714. The first-order valence-electron chi connectivity index (χ1n) is 3.65. The van der Waals surface area contributed by atoms with E-state index in [4.69, 9.17) is 0 Å². The second kappa shape index (κ2) is 3.34. The average molecular weight is 140 g/mol. The van der Waals surface area contributed by atoms with E-state index in [0.717, 1.165) is 18.5 Å². The summed E-state index contributed by atoms with van der Waals surface area (Å²) in [5.41, 5.74) is 0.977. The van der Waals surface area contributed by atoms with Gasteiger partial charge in [0.15, 0.2) is 0 Å². The van der Waals surface area contributed by atoms with Gasteiger partial charge in [-0.1, -0.05) is 13.8 Å². The number of rotatable bonds is 3. The van der Waals surface area contributed by atoms with E-state index >= 15 is 0 Å². The summed E-state index contributed by atoms with van der Waals surface area (Å²) in [6.07, 6.45) is 3.83. The van der Waals surface area contributed by atoms with Crippen LogP contribution in [0, 0.1) is 0 Å². The smallest absolute Gasteiger partial charge is 0.147 e. The molecule has 0 aliphatic rings. The summed E-state index contributed by atoms with van der Waals surface area (Å²) in [6, 6.07) is 0. The SMILES string of the molecule is CCC(CC)c1conn1. The third-order valence-electron chi connectivity index (χ3n) is 1.78. The molecule has 3 heteroatoms. The van der Waals surface area contributed by atoms with Crippen LogP contribution in [0.25, 0.3) is 0 Å². The summed E-state index contributed by atoms with van der Waals surface area (Å²) >= 11 is 0. The molecule has 0 fully saturated rings. The number of hydrogen-bond donors (Lipinski definition) is 0. The molecule has 0 aliphatic carbocycles. The molecule has 1 heterocycles. The topological polar surface area (TPSA) is 38.9 Å². The van der Waals surface area contributed by atoms with Gasteiger partial charge in [-0.3, -0.25) is 0 Å². The van der Waals surface area contributed by atoms with Gasteiger partial charge >= 0.3 is 0 Å². The highest BCUT2D eigenvalue weighted by Gasteiger charge is 2.09. The Bertz CT molecular complexity index is 168. The lowest BCUT2D eigenvalue weighted by atomic mass is 10.0. The van der Waals surface area contributed by atoms with Crippen LogP contribution in [0.2, 0.25) is 0 Å². The number of hydrogen-bond acceptors (Lipinski definition) is 3. The quantitative estimate of drug-likeness (QED) is 0.644. The second-order valence-corrected chi connectivity index (χ2v) is 2.34. The van der Waals surface area contributed by atoms with Gasteiger partial charge in [-0.15, -0.1) is 5.10 Å². The van der Waals surface area contributed by atoms with Crippen LogP contribution in [0.15, 0.2) is 10.8 Å². The van der Waals surface area contributed by atoms with Crippen molar-refractivity contribution in [3.8, 4) is 0 Å². The van der Waals surface area contributed by atoms with Gasteiger partial charge in [-0.05, 0) is 12.8 Å². The minimum Gasteiger partial charge on any atom is -0.345 e. The van der Waals surface area contributed by atoms with Crippen molar-refractivity contribution in [3.63, 3.8) is 0 Å².